The highest BCUT2D eigenvalue weighted by Crippen LogP contribution is 2.31. The van der Waals surface area contributed by atoms with Crippen molar-refractivity contribution in [1.82, 2.24) is 14.9 Å². The Kier molecular flexibility index (Phi) is 9.34. The minimum atomic E-state index is -0.883. The third kappa shape index (κ3) is 7.02. The van der Waals surface area contributed by atoms with E-state index in [4.69, 9.17) is 9.47 Å². The van der Waals surface area contributed by atoms with Crippen molar-refractivity contribution in [3.05, 3.63) is 119 Å². The van der Waals surface area contributed by atoms with Crippen LogP contribution in [0, 0.1) is 0 Å². The van der Waals surface area contributed by atoms with Crippen molar-refractivity contribution in [2.75, 3.05) is 20.8 Å². The lowest BCUT2D eigenvalue weighted by Gasteiger charge is -2.36. The van der Waals surface area contributed by atoms with Gasteiger partial charge in [0.15, 0.2) is 23.0 Å². The van der Waals surface area contributed by atoms with Gasteiger partial charge in [-0.1, -0.05) is 72.8 Å². The molecule has 1 aliphatic heterocycles. The Morgan fingerprint density at radius 1 is 0.698 bits per heavy atom. The van der Waals surface area contributed by atoms with Crippen molar-refractivity contribution in [3.63, 3.8) is 0 Å². The van der Waals surface area contributed by atoms with Gasteiger partial charge in [0.05, 0.1) is 32.9 Å². The van der Waals surface area contributed by atoms with Crippen LogP contribution in [0.5, 0.6) is 23.0 Å². The van der Waals surface area contributed by atoms with Crippen LogP contribution in [0.3, 0.4) is 0 Å². The maximum Gasteiger partial charge on any atom is 0.335 e. The van der Waals surface area contributed by atoms with E-state index in [1.54, 1.807) is 46.3 Å². The van der Waals surface area contributed by atoms with Crippen LogP contribution in [0.4, 0.5) is 4.79 Å². The van der Waals surface area contributed by atoms with Crippen molar-refractivity contribution in [1.29, 1.82) is 0 Å². The van der Waals surface area contributed by atoms with Crippen LogP contribution < -0.4 is 9.47 Å². The molecule has 0 saturated carbocycles. The molecular formula is C34H37N3O6. The lowest BCUT2D eigenvalue weighted by atomic mass is 9.99. The number of aliphatic hydroxyl groups excluding tert-OH is 1. The molecular weight excluding hydrogens is 546 g/mol. The lowest BCUT2D eigenvalue weighted by Crippen LogP contribution is -2.51. The van der Waals surface area contributed by atoms with Crippen LogP contribution in [-0.4, -0.2) is 69.2 Å². The highest BCUT2D eigenvalue weighted by Gasteiger charge is 2.40. The summed E-state index contributed by atoms with van der Waals surface area (Å²) >= 11 is 0. The first-order chi connectivity index (χ1) is 20.9. The number of ether oxygens (including phenoxy) is 2. The van der Waals surface area contributed by atoms with Gasteiger partial charge in [-0.25, -0.2) is 9.80 Å². The van der Waals surface area contributed by atoms with Crippen molar-refractivity contribution in [2.45, 2.75) is 38.2 Å². The minimum Gasteiger partial charge on any atom is -0.504 e. The van der Waals surface area contributed by atoms with E-state index in [1.807, 2.05) is 65.7 Å². The Morgan fingerprint density at radius 2 is 1.23 bits per heavy atom. The number of hydrazine groups is 1. The molecule has 1 heterocycles. The lowest BCUT2D eigenvalue weighted by molar-refractivity contribution is -0.0213. The van der Waals surface area contributed by atoms with Crippen molar-refractivity contribution >= 4 is 6.03 Å². The van der Waals surface area contributed by atoms with E-state index < -0.39 is 12.1 Å². The van der Waals surface area contributed by atoms with E-state index in [2.05, 4.69) is 0 Å². The first-order valence-corrected chi connectivity index (χ1v) is 14.2. The summed E-state index contributed by atoms with van der Waals surface area (Å²) in [5, 5.41) is 35.7. The Morgan fingerprint density at radius 3 is 1.79 bits per heavy atom. The maximum atomic E-state index is 14.7. The zero-order valence-electron chi connectivity index (χ0n) is 24.3. The monoisotopic (exact) mass is 583 g/mol. The number of rotatable bonds is 10. The van der Waals surface area contributed by atoms with Crippen LogP contribution in [0.2, 0.25) is 0 Å². The normalized spacial score (nSPS) is 17.5. The number of β-amino-alcohol motifs (C(OH)–C–C–N with tert-alkyl or cyclic N) is 1. The summed E-state index contributed by atoms with van der Waals surface area (Å²) < 4.78 is 10.7. The number of aliphatic hydroxyl groups is 1. The molecule has 2 amide bonds. The number of methoxy groups -OCH3 is 2. The van der Waals surface area contributed by atoms with Gasteiger partial charge in [-0.2, -0.15) is 0 Å². The first-order valence-electron chi connectivity index (χ1n) is 14.2. The zero-order valence-corrected chi connectivity index (χ0v) is 24.3. The molecule has 224 valence electrons. The number of phenolic OH excluding ortho intramolecular Hbond substituents is 2. The second-order valence-corrected chi connectivity index (χ2v) is 10.6. The van der Waals surface area contributed by atoms with Crippen LogP contribution in [0.15, 0.2) is 97.1 Å². The molecule has 0 aromatic heterocycles. The van der Waals surface area contributed by atoms with Gasteiger partial charge in [-0.05, 0) is 52.9 Å². The van der Waals surface area contributed by atoms with E-state index in [0.717, 1.165) is 22.3 Å². The maximum absolute atomic E-state index is 14.7. The van der Waals surface area contributed by atoms with Gasteiger partial charge in [-0.3, -0.25) is 5.01 Å². The fourth-order valence-corrected chi connectivity index (χ4v) is 5.46. The third-order valence-electron chi connectivity index (χ3n) is 7.72. The summed E-state index contributed by atoms with van der Waals surface area (Å²) in [5.74, 6) is 0.630. The molecule has 4 aromatic carbocycles. The molecule has 0 unspecified atom stereocenters. The summed E-state index contributed by atoms with van der Waals surface area (Å²) in [6.45, 7) is 0.974. The van der Waals surface area contributed by atoms with E-state index in [9.17, 15) is 20.1 Å². The predicted octanol–water partition coefficient (Wildman–Crippen LogP) is 4.94. The zero-order chi connectivity index (χ0) is 30.3. The number of hydrogen-bond donors (Lipinski definition) is 3. The highest BCUT2D eigenvalue weighted by atomic mass is 16.5. The molecule has 1 fully saturated rings. The van der Waals surface area contributed by atoms with Crippen LogP contribution in [0.25, 0.3) is 0 Å². The molecule has 4 aromatic rings. The Labute approximate surface area is 251 Å². The average molecular weight is 584 g/mol. The largest absolute Gasteiger partial charge is 0.504 e. The topological polar surface area (TPSA) is 106 Å². The van der Waals surface area contributed by atoms with Gasteiger partial charge in [-0.15, -0.1) is 0 Å². The summed E-state index contributed by atoms with van der Waals surface area (Å²) in [5.41, 5.74) is 3.49. The fraction of sp³-hybridized carbons (Fsp3) is 0.265. The average Bonchev–Trinajstić information content (AvgIpc) is 3.10. The smallest absolute Gasteiger partial charge is 0.335 e. The van der Waals surface area contributed by atoms with Gasteiger partial charge in [0.2, 0.25) is 0 Å². The van der Waals surface area contributed by atoms with Crippen LogP contribution >= 0.6 is 0 Å². The molecule has 0 radical (unpaired) electrons. The summed E-state index contributed by atoms with van der Waals surface area (Å²) in [4.78, 5) is 16.4. The van der Waals surface area contributed by atoms with Crippen LogP contribution in [0.1, 0.15) is 22.3 Å². The van der Waals surface area contributed by atoms with Gasteiger partial charge < -0.3 is 29.7 Å². The second-order valence-electron chi connectivity index (χ2n) is 10.6. The van der Waals surface area contributed by atoms with Crippen molar-refractivity contribution in [2.24, 2.45) is 0 Å². The Hall–Kier alpha value is -4.73. The minimum absolute atomic E-state index is 0.00579. The number of aromatic hydroxyl groups is 2. The molecule has 9 heteroatoms. The third-order valence-corrected chi connectivity index (χ3v) is 7.72. The van der Waals surface area contributed by atoms with Crippen LogP contribution in [-0.2, 0) is 26.1 Å². The van der Waals surface area contributed by atoms with Crippen molar-refractivity contribution < 1.29 is 29.6 Å². The van der Waals surface area contributed by atoms with E-state index in [1.165, 1.54) is 14.2 Å². The second kappa shape index (κ2) is 13.5. The molecule has 2 atom stereocenters. The fourth-order valence-electron chi connectivity index (χ4n) is 5.46. The molecule has 0 aliphatic carbocycles. The molecule has 1 saturated heterocycles. The standard InChI is InChI=1S/C34H37N3O6/c1-42-32-18-26(13-15-29(32)38)21-36-28(17-24-9-5-3-6-10-24)31(40)23-35(20-25-11-7-4-8-12-25)37(34(36)41)22-27-14-16-30(39)33(19-27)43-2/h3-16,18-19,28,31,38-40H,17,20-23H2,1-2H3/t28-,31+/m1/s1. The van der Waals surface area contributed by atoms with Crippen molar-refractivity contribution in [3.8, 4) is 23.0 Å². The number of carbonyl (C=O) groups excluding carboxylic acids is 1. The molecule has 43 heavy (non-hydrogen) atoms. The number of hydrogen-bond acceptors (Lipinski definition) is 7. The number of phenols is 2. The highest BCUT2D eigenvalue weighted by molar-refractivity contribution is 5.75. The van der Waals surface area contributed by atoms with Gasteiger partial charge in [0, 0.05) is 19.6 Å². The molecule has 9 nitrogen and oxygen atoms in total. The number of carbonyl (C=O) groups is 1. The van der Waals surface area contributed by atoms with E-state index in [-0.39, 0.29) is 37.2 Å². The molecule has 0 bridgehead atoms. The quantitative estimate of drug-likeness (QED) is 0.243. The Balaban J connectivity index is 1.57. The molecule has 5 rings (SSSR count). The number of urea groups is 1. The molecule has 0 spiro atoms. The first kappa shape index (κ1) is 29.8. The summed E-state index contributed by atoms with van der Waals surface area (Å²) in [7, 11) is 2.96. The summed E-state index contributed by atoms with van der Waals surface area (Å²) in [6.07, 6.45) is -0.436. The molecule has 1 aliphatic rings. The van der Waals surface area contributed by atoms with Gasteiger partial charge in [0.25, 0.3) is 0 Å². The number of amides is 2. The molecule has 3 N–H and O–H groups in total. The van der Waals surface area contributed by atoms with E-state index >= 15 is 0 Å². The van der Waals surface area contributed by atoms with Gasteiger partial charge in [0.1, 0.15) is 0 Å². The predicted molar refractivity (Wildman–Crippen MR) is 163 cm³/mol. The summed E-state index contributed by atoms with van der Waals surface area (Å²) in [6, 6.07) is 28.8. The SMILES string of the molecule is COc1cc(CN2C(=O)N(Cc3ccc(O)c(OC)c3)N(Cc3ccccc3)C[C@H](O)[C@H]2Cc2ccccc2)ccc1O. The Bertz CT molecular complexity index is 1520. The number of benzene rings is 4. The number of nitrogens with zero attached hydrogens (tertiary/aromatic N) is 3. The van der Waals surface area contributed by atoms with Gasteiger partial charge >= 0.3 is 6.03 Å². The van der Waals surface area contributed by atoms with E-state index in [0.29, 0.717) is 24.5 Å².